The van der Waals surface area contributed by atoms with Crippen molar-refractivity contribution in [2.75, 3.05) is 18.4 Å². The van der Waals surface area contributed by atoms with Crippen LogP contribution in [0.1, 0.15) is 44.6 Å². The third-order valence-electron chi connectivity index (χ3n) is 4.14. The summed E-state index contributed by atoms with van der Waals surface area (Å²) in [5, 5.41) is 3.33. The maximum atomic E-state index is 12.3. The van der Waals surface area contributed by atoms with E-state index in [1.165, 1.54) is 18.4 Å². The number of benzene rings is 1. The molecule has 1 aromatic rings. The largest absolute Gasteiger partial charge is 0.385 e. The second kappa shape index (κ2) is 7.32. The zero-order valence-electron chi connectivity index (χ0n) is 12.7. The number of nitrogens with one attached hydrogen (secondary N) is 1. The highest BCUT2D eigenvalue weighted by molar-refractivity contribution is 5.77. The van der Waals surface area contributed by atoms with E-state index in [9.17, 15) is 4.79 Å². The van der Waals surface area contributed by atoms with E-state index in [0.29, 0.717) is 18.4 Å². The Balaban J connectivity index is 1.78. The molecule has 1 aliphatic rings. The molecule has 0 saturated carbocycles. The predicted octanol–water partition coefficient (Wildman–Crippen LogP) is 3.59. The lowest BCUT2D eigenvalue weighted by molar-refractivity contribution is -0.134. The van der Waals surface area contributed by atoms with Gasteiger partial charge in [-0.2, -0.15) is 0 Å². The van der Waals surface area contributed by atoms with Crippen molar-refractivity contribution in [1.82, 2.24) is 4.90 Å². The third kappa shape index (κ3) is 3.99. The molecule has 1 atom stereocenters. The first-order chi connectivity index (χ1) is 9.70. The fraction of sp³-hybridized carbons (Fsp3) is 0.588. The summed E-state index contributed by atoms with van der Waals surface area (Å²) in [6.45, 7) is 5.92. The van der Waals surface area contributed by atoms with Gasteiger partial charge in [-0.1, -0.05) is 24.6 Å². The van der Waals surface area contributed by atoms with Gasteiger partial charge in [0.05, 0.1) is 0 Å². The summed E-state index contributed by atoms with van der Waals surface area (Å²) in [5.41, 5.74) is 2.35. The number of carbonyl (C=O) groups excluding carboxylic acids is 1. The van der Waals surface area contributed by atoms with Gasteiger partial charge in [-0.3, -0.25) is 4.79 Å². The first-order valence-corrected chi connectivity index (χ1v) is 7.80. The minimum absolute atomic E-state index is 0.302. The second-order valence-corrected chi connectivity index (χ2v) is 5.69. The summed E-state index contributed by atoms with van der Waals surface area (Å²) in [7, 11) is 0. The highest BCUT2D eigenvalue weighted by atomic mass is 16.2. The van der Waals surface area contributed by atoms with Crippen LogP contribution in [0.4, 0.5) is 5.69 Å². The molecule has 1 heterocycles. The predicted molar refractivity (Wildman–Crippen MR) is 83.9 cm³/mol. The topological polar surface area (TPSA) is 32.3 Å². The van der Waals surface area contributed by atoms with Gasteiger partial charge in [0.15, 0.2) is 0 Å². The van der Waals surface area contributed by atoms with Crippen molar-refractivity contribution < 1.29 is 4.79 Å². The smallest absolute Gasteiger partial charge is 0.224 e. The third-order valence-corrected chi connectivity index (χ3v) is 4.14. The zero-order valence-corrected chi connectivity index (χ0v) is 12.7. The first-order valence-electron chi connectivity index (χ1n) is 7.80. The monoisotopic (exact) mass is 274 g/mol. The average Bonchev–Trinajstić information content (AvgIpc) is 2.49. The van der Waals surface area contributed by atoms with Crippen LogP contribution >= 0.6 is 0 Å². The summed E-state index contributed by atoms with van der Waals surface area (Å²) in [6.07, 6.45) is 5.27. The Kier molecular flexibility index (Phi) is 5.45. The van der Waals surface area contributed by atoms with E-state index in [4.69, 9.17) is 0 Å². The molecule has 2 rings (SSSR count). The SMILES string of the molecule is CCC1CCCCN1C(=O)CCNc1ccc(C)cc1. The summed E-state index contributed by atoms with van der Waals surface area (Å²) in [6, 6.07) is 8.77. The molecule has 0 radical (unpaired) electrons. The maximum Gasteiger partial charge on any atom is 0.224 e. The highest BCUT2D eigenvalue weighted by Crippen LogP contribution is 2.20. The molecule has 0 aliphatic carbocycles. The van der Waals surface area contributed by atoms with Crippen LogP contribution in [0.2, 0.25) is 0 Å². The summed E-state index contributed by atoms with van der Waals surface area (Å²) in [4.78, 5) is 14.4. The van der Waals surface area contributed by atoms with E-state index in [2.05, 4.69) is 48.3 Å². The number of rotatable bonds is 5. The molecular formula is C17H26N2O. The number of anilines is 1. The van der Waals surface area contributed by atoms with Crippen molar-refractivity contribution in [2.45, 2.75) is 52.0 Å². The Hall–Kier alpha value is -1.51. The van der Waals surface area contributed by atoms with E-state index in [1.807, 2.05) is 0 Å². The standard InChI is InChI=1S/C17H26N2O/c1-3-16-6-4-5-13-19(16)17(20)11-12-18-15-9-7-14(2)8-10-15/h7-10,16,18H,3-6,11-13H2,1-2H3. The average molecular weight is 274 g/mol. The minimum Gasteiger partial charge on any atom is -0.385 e. The molecule has 1 amide bonds. The van der Waals surface area contributed by atoms with E-state index < -0.39 is 0 Å². The van der Waals surface area contributed by atoms with Crippen LogP contribution in [-0.2, 0) is 4.79 Å². The number of hydrogen-bond donors (Lipinski definition) is 1. The van der Waals surface area contributed by atoms with Crippen molar-refractivity contribution in [2.24, 2.45) is 0 Å². The van der Waals surface area contributed by atoms with E-state index >= 15 is 0 Å². The molecule has 110 valence electrons. The fourth-order valence-corrected chi connectivity index (χ4v) is 2.88. The van der Waals surface area contributed by atoms with Crippen molar-refractivity contribution in [3.8, 4) is 0 Å². The zero-order chi connectivity index (χ0) is 14.4. The van der Waals surface area contributed by atoms with Gasteiger partial charge >= 0.3 is 0 Å². The maximum absolute atomic E-state index is 12.3. The number of piperidine rings is 1. The Morgan fingerprint density at radius 1 is 1.30 bits per heavy atom. The van der Waals surface area contributed by atoms with Gasteiger partial charge in [-0.25, -0.2) is 0 Å². The molecule has 0 bridgehead atoms. The second-order valence-electron chi connectivity index (χ2n) is 5.69. The van der Waals surface area contributed by atoms with Gasteiger partial charge in [-0.05, 0) is 44.7 Å². The molecule has 0 aromatic heterocycles. The number of nitrogens with zero attached hydrogens (tertiary/aromatic N) is 1. The van der Waals surface area contributed by atoms with E-state index in [0.717, 1.165) is 31.6 Å². The molecule has 20 heavy (non-hydrogen) atoms. The summed E-state index contributed by atoms with van der Waals surface area (Å²) in [5.74, 6) is 0.302. The van der Waals surface area contributed by atoms with Gasteiger partial charge in [0, 0.05) is 31.2 Å². The van der Waals surface area contributed by atoms with Crippen LogP contribution in [0.5, 0.6) is 0 Å². The van der Waals surface area contributed by atoms with Crippen LogP contribution in [0, 0.1) is 6.92 Å². The number of amides is 1. The molecule has 3 nitrogen and oxygen atoms in total. The van der Waals surface area contributed by atoms with Crippen LogP contribution in [0.3, 0.4) is 0 Å². The normalized spacial score (nSPS) is 18.9. The summed E-state index contributed by atoms with van der Waals surface area (Å²) >= 11 is 0. The van der Waals surface area contributed by atoms with Gasteiger partial charge in [0.1, 0.15) is 0 Å². The first kappa shape index (κ1) is 14.9. The molecule has 1 fully saturated rings. The van der Waals surface area contributed by atoms with Crippen LogP contribution in [0.25, 0.3) is 0 Å². The van der Waals surface area contributed by atoms with Crippen LogP contribution in [-0.4, -0.2) is 29.9 Å². The number of carbonyl (C=O) groups is 1. The molecule has 0 spiro atoms. The molecule has 1 unspecified atom stereocenters. The van der Waals surface area contributed by atoms with Crippen LogP contribution < -0.4 is 5.32 Å². The number of aryl methyl sites for hydroxylation is 1. The lowest BCUT2D eigenvalue weighted by atomic mass is 9.99. The highest BCUT2D eigenvalue weighted by Gasteiger charge is 2.24. The van der Waals surface area contributed by atoms with Gasteiger partial charge < -0.3 is 10.2 Å². The Morgan fingerprint density at radius 2 is 2.05 bits per heavy atom. The lowest BCUT2D eigenvalue weighted by Crippen LogP contribution is -2.43. The molecule has 1 aliphatic heterocycles. The molecule has 1 saturated heterocycles. The molecule has 3 heteroatoms. The summed E-state index contributed by atoms with van der Waals surface area (Å²) < 4.78 is 0. The molecular weight excluding hydrogens is 248 g/mol. The Labute approximate surface area is 122 Å². The Bertz CT molecular complexity index is 427. The quantitative estimate of drug-likeness (QED) is 0.890. The minimum atomic E-state index is 0.302. The van der Waals surface area contributed by atoms with Gasteiger partial charge in [0.2, 0.25) is 5.91 Å². The number of likely N-dealkylation sites (tertiary alicyclic amines) is 1. The van der Waals surface area contributed by atoms with Gasteiger partial charge in [-0.15, -0.1) is 0 Å². The van der Waals surface area contributed by atoms with Crippen molar-refractivity contribution in [3.05, 3.63) is 29.8 Å². The van der Waals surface area contributed by atoms with E-state index in [1.54, 1.807) is 0 Å². The van der Waals surface area contributed by atoms with Crippen molar-refractivity contribution in [1.29, 1.82) is 0 Å². The fourth-order valence-electron chi connectivity index (χ4n) is 2.88. The van der Waals surface area contributed by atoms with Crippen molar-refractivity contribution in [3.63, 3.8) is 0 Å². The lowest BCUT2D eigenvalue weighted by Gasteiger charge is -2.35. The Morgan fingerprint density at radius 3 is 2.75 bits per heavy atom. The van der Waals surface area contributed by atoms with Crippen LogP contribution in [0.15, 0.2) is 24.3 Å². The molecule has 1 aromatic carbocycles. The van der Waals surface area contributed by atoms with E-state index in [-0.39, 0.29) is 0 Å². The number of hydrogen-bond acceptors (Lipinski definition) is 2. The van der Waals surface area contributed by atoms with Crippen molar-refractivity contribution >= 4 is 11.6 Å². The molecule has 1 N–H and O–H groups in total. The van der Waals surface area contributed by atoms with Gasteiger partial charge in [0.25, 0.3) is 0 Å².